The van der Waals surface area contributed by atoms with E-state index in [4.69, 9.17) is 33.2 Å². The molecule has 4 saturated heterocycles. The lowest BCUT2D eigenvalue weighted by atomic mass is 9.98. The molecule has 8 N–H and O–H groups in total. The van der Waals surface area contributed by atoms with Gasteiger partial charge in [-0.15, -0.1) is 0 Å². The molecule has 3 atom stereocenters. The molecule has 4 aliphatic rings. The minimum Gasteiger partial charge on any atom is -0.497 e. The number of halogens is 1. The molecule has 0 aliphatic carbocycles. The standard InChI is InChI=1S/C27H33N5O3S.C20H31N5OS2.C9H9BrO2.H3P/c1-35-23-6-2-4-18(16-23)24(34)25-26(28)30-27(36-25)29-19-7-9-20(10-8-19)31-14-11-21(12-15-31)32-13-3-5-22(33)17-32;1-2-28-19(21)23-20(27)22-15-5-7-16(8-6-15)24-12-9-17(10-13-24)25-11-3-4-18(26)14-25;1-12-8-4-2-3-7(5-8)9(11)6-10;/h2,4,6-10,16,21-22,33H,3,5,11-15,17,28H2,1H3,(H,29,30);5-8,17-18,26H,2-4,9-14H2,1H3,(H3,21,22,23,27);2-5H,6H2,1H3;1H3. The van der Waals surface area contributed by atoms with E-state index in [1.54, 1.807) is 56.7 Å². The fraction of sp³-hybridized carbons (Fsp3) is 0.446. The maximum atomic E-state index is 12.9. The van der Waals surface area contributed by atoms with E-state index in [0.29, 0.717) is 60.3 Å². The van der Waals surface area contributed by atoms with E-state index in [0.717, 1.165) is 121 Å². The molecule has 16 nitrogen and oxygen atoms in total. The number of alkyl halides is 1. The number of aliphatic imine (C=N–C) groups is 1. The Hall–Kier alpha value is -4.89. The number of nitrogen functional groups attached to an aromatic ring is 1. The molecular formula is C56H76BrN10O6PS3. The molecule has 1 aromatic heterocycles. The van der Waals surface area contributed by atoms with Crippen molar-refractivity contribution in [3.8, 4) is 11.5 Å². The molecule has 5 heterocycles. The average molecular weight is 1190 g/mol. The van der Waals surface area contributed by atoms with Crippen molar-refractivity contribution in [2.45, 2.75) is 82.6 Å². The molecule has 0 saturated carbocycles. The maximum Gasteiger partial charge on any atom is 0.206 e. The van der Waals surface area contributed by atoms with Crippen LogP contribution in [0.4, 0.5) is 33.7 Å². The lowest BCUT2D eigenvalue weighted by Crippen LogP contribution is -2.49. The van der Waals surface area contributed by atoms with Crippen LogP contribution in [-0.4, -0.2) is 149 Å². The highest BCUT2D eigenvalue weighted by Crippen LogP contribution is 2.32. The summed E-state index contributed by atoms with van der Waals surface area (Å²) in [6, 6.07) is 31.9. The van der Waals surface area contributed by atoms with Crippen LogP contribution in [0.25, 0.3) is 0 Å². The first-order chi connectivity index (χ1) is 36.8. The Labute approximate surface area is 479 Å². The summed E-state index contributed by atoms with van der Waals surface area (Å²) in [5.74, 6) is 2.32. The number of hydrogen-bond donors (Lipinski definition) is 6. The molecule has 3 unspecified atom stereocenters. The number of thiocarbonyl (C=S) groups is 1. The number of ketones is 2. The summed E-state index contributed by atoms with van der Waals surface area (Å²) >= 11 is 11.1. The van der Waals surface area contributed by atoms with Crippen LogP contribution in [0.15, 0.2) is 102 Å². The minimum absolute atomic E-state index is 0. The highest BCUT2D eigenvalue weighted by atomic mass is 79.9. The molecule has 5 aromatic rings. The van der Waals surface area contributed by atoms with Gasteiger partial charge < -0.3 is 51.6 Å². The summed E-state index contributed by atoms with van der Waals surface area (Å²) in [5, 5.41) is 28.1. The van der Waals surface area contributed by atoms with Gasteiger partial charge in [-0.25, -0.2) is 4.98 Å². The number of ether oxygens (including phenoxy) is 2. The van der Waals surface area contributed by atoms with Crippen LogP contribution >= 0.6 is 61.1 Å². The average Bonchev–Trinajstić information content (AvgIpc) is 3.82. The third-order valence-corrected chi connectivity index (χ3v) is 16.4. The Morgan fingerprint density at radius 3 is 1.74 bits per heavy atom. The number of carbonyl (C=O) groups excluding carboxylic acids is 2. The summed E-state index contributed by atoms with van der Waals surface area (Å²) < 4.78 is 10.2. The van der Waals surface area contributed by atoms with Gasteiger partial charge in [0, 0.05) is 85.2 Å². The number of piperidine rings is 4. The number of hydrogen-bond acceptors (Lipinski definition) is 16. The van der Waals surface area contributed by atoms with Gasteiger partial charge in [-0.1, -0.05) is 70.2 Å². The van der Waals surface area contributed by atoms with E-state index in [2.05, 4.69) is 80.4 Å². The van der Waals surface area contributed by atoms with Gasteiger partial charge in [0.15, 0.2) is 21.2 Å². The number of anilines is 6. The van der Waals surface area contributed by atoms with Gasteiger partial charge in [-0.05, 0) is 155 Å². The number of benzene rings is 4. The Morgan fingerprint density at radius 1 is 0.766 bits per heavy atom. The molecule has 4 aromatic carbocycles. The van der Waals surface area contributed by atoms with Crippen LogP contribution in [-0.2, 0) is 0 Å². The zero-order valence-electron chi connectivity index (χ0n) is 44.5. The van der Waals surface area contributed by atoms with Crippen molar-refractivity contribution in [1.82, 2.24) is 14.8 Å². The molecule has 4 fully saturated rings. The number of methoxy groups -OCH3 is 2. The Kier molecular flexibility index (Phi) is 24.7. The zero-order valence-corrected chi connectivity index (χ0v) is 49.9. The van der Waals surface area contributed by atoms with E-state index in [9.17, 15) is 19.8 Å². The van der Waals surface area contributed by atoms with E-state index in [1.165, 1.54) is 34.5 Å². The summed E-state index contributed by atoms with van der Waals surface area (Å²) in [5.41, 5.74) is 17.3. The molecule has 0 bridgehead atoms. The van der Waals surface area contributed by atoms with E-state index in [-0.39, 0.29) is 39.5 Å². The van der Waals surface area contributed by atoms with Gasteiger partial charge in [0.1, 0.15) is 22.2 Å². The molecule has 416 valence electrons. The quantitative estimate of drug-likeness (QED) is 0.0153. The monoisotopic (exact) mass is 1190 g/mol. The number of aliphatic hydroxyl groups excluding tert-OH is 2. The molecule has 77 heavy (non-hydrogen) atoms. The predicted octanol–water partition coefficient (Wildman–Crippen LogP) is 9.34. The summed E-state index contributed by atoms with van der Waals surface area (Å²) in [4.78, 5) is 42.9. The van der Waals surface area contributed by atoms with Crippen molar-refractivity contribution in [3.63, 3.8) is 0 Å². The number of thiazole rings is 1. The first-order valence-electron chi connectivity index (χ1n) is 26.1. The van der Waals surface area contributed by atoms with Crippen molar-refractivity contribution in [2.24, 2.45) is 10.7 Å². The lowest BCUT2D eigenvalue weighted by Gasteiger charge is -2.42. The van der Waals surface area contributed by atoms with Crippen molar-refractivity contribution in [2.75, 3.05) is 104 Å². The molecule has 21 heteroatoms. The number of likely N-dealkylation sites (tertiary alicyclic amines) is 2. The highest BCUT2D eigenvalue weighted by Gasteiger charge is 2.30. The number of aromatic nitrogens is 1. The Balaban J connectivity index is 0.000000208. The molecule has 0 radical (unpaired) electrons. The zero-order chi connectivity index (χ0) is 54.0. The summed E-state index contributed by atoms with van der Waals surface area (Å²) in [6.07, 6.45) is 8.34. The number of β-amino-alcohol motifs (C(OH)–C–C–N with tert-alkyl or cyclic N) is 2. The van der Waals surface area contributed by atoms with Gasteiger partial charge in [0.2, 0.25) is 5.78 Å². The molecule has 9 rings (SSSR count). The van der Waals surface area contributed by atoms with Crippen molar-refractivity contribution >= 4 is 117 Å². The van der Waals surface area contributed by atoms with Crippen LogP contribution in [0.1, 0.15) is 83.9 Å². The SMILES string of the molecule is CCSC(N)=NC(=S)Nc1ccc(N2CCC(N3CCCC(O)C3)CC2)cc1.COc1cccc(C(=O)CBr)c1.COc1cccc(C(=O)c2sc(Nc3ccc(N4CCC(N5CCCC(O)C5)CC4)cc3)nc2N)c1.P. The van der Waals surface area contributed by atoms with Crippen LogP contribution in [0, 0.1) is 0 Å². The van der Waals surface area contributed by atoms with Gasteiger partial charge in [-0.2, -0.15) is 14.9 Å². The topological polar surface area (TPSA) is 207 Å². The van der Waals surface area contributed by atoms with Gasteiger partial charge in [-0.3, -0.25) is 19.4 Å². The lowest BCUT2D eigenvalue weighted by molar-refractivity contribution is 0.0397. The van der Waals surface area contributed by atoms with Crippen molar-refractivity contribution < 1.29 is 29.3 Å². The number of amidine groups is 1. The third-order valence-electron chi connectivity index (χ3n) is 14.0. The number of Topliss-reactive ketones (excluding diaryl/α,β-unsaturated/α-hetero) is 1. The molecule has 0 spiro atoms. The molecular weight excluding hydrogens is 1120 g/mol. The molecule has 4 aliphatic heterocycles. The fourth-order valence-electron chi connectivity index (χ4n) is 9.99. The first-order valence-corrected chi connectivity index (χ1v) is 29.4. The van der Waals surface area contributed by atoms with Crippen LogP contribution < -0.4 is 41.4 Å². The number of aliphatic hydroxyl groups is 2. The second-order valence-electron chi connectivity index (χ2n) is 19.1. The Morgan fingerprint density at radius 2 is 1.26 bits per heavy atom. The summed E-state index contributed by atoms with van der Waals surface area (Å²) in [6.45, 7) is 10.1. The maximum absolute atomic E-state index is 12.9. The normalized spacial score (nSPS) is 18.6. The number of rotatable bonds is 14. The van der Waals surface area contributed by atoms with Gasteiger partial charge in [0.25, 0.3) is 0 Å². The van der Waals surface area contributed by atoms with Crippen molar-refractivity contribution in [3.05, 3.63) is 113 Å². The van der Waals surface area contributed by atoms with Crippen molar-refractivity contribution in [1.29, 1.82) is 0 Å². The Bertz CT molecular complexity index is 2690. The second kappa shape index (κ2) is 31.0. The van der Waals surface area contributed by atoms with Crippen LogP contribution in [0.2, 0.25) is 0 Å². The minimum atomic E-state index is -0.172. The second-order valence-corrected chi connectivity index (χ2v) is 22.4. The van der Waals surface area contributed by atoms with Gasteiger partial charge in [0.05, 0.1) is 31.8 Å². The van der Waals surface area contributed by atoms with Crippen LogP contribution in [0.5, 0.6) is 11.5 Å². The van der Waals surface area contributed by atoms with E-state index < -0.39 is 0 Å². The number of nitrogens with one attached hydrogen (secondary N) is 2. The molecule has 0 amide bonds. The van der Waals surface area contributed by atoms with E-state index in [1.807, 2.05) is 37.3 Å². The number of thioether (sulfide) groups is 1. The fourth-order valence-corrected chi connectivity index (χ4v) is 11.9. The third kappa shape index (κ3) is 18.3. The first kappa shape index (κ1) is 61.3. The van der Waals surface area contributed by atoms with Crippen LogP contribution in [0.3, 0.4) is 0 Å². The summed E-state index contributed by atoms with van der Waals surface area (Å²) in [7, 11) is 3.15. The smallest absolute Gasteiger partial charge is 0.206 e. The largest absolute Gasteiger partial charge is 0.497 e. The number of nitrogens with zero attached hydrogens (tertiary/aromatic N) is 6. The predicted molar refractivity (Wildman–Crippen MR) is 331 cm³/mol. The highest BCUT2D eigenvalue weighted by molar-refractivity contribution is 9.09. The number of nitrogens with two attached hydrogens (primary N) is 2. The number of carbonyl (C=O) groups is 2. The van der Waals surface area contributed by atoms with Gasteiger partial charge >= 0.3 is 0 Å². The van der Waals surface area contributed by atoms with E-state index >= 15 is 0 Å².